The summed E-state index contributed by atoms with van der Waals surface area (Å²) in [6.07, 6.45) is 7.55. The van der Waals surface area contributed by atoms with Crippen LogP contribution in [-0.2, 0) is 24.7 Å². The molecule has 0 bridgehead atoms. The van der Waals surface area contributed by atoms with E-state index in [0.29, 0.717) is 51.7 Å². The number of benzene rings is 3. The van der Waals surface area contributed by atoms with Crippen molar-refractivity contribution in [2.45, 2.75) is 101 Å². The number of carbonyl (C=O) groups is 3. The molecule has 1 heterocycles. The van der Waals surface area contributed by atoms with Gasteiger partial charge in [-0.15, -0.1) is 0 Å². The van der Waals surface area contributed by atoms with E-state index in [1.54, 1.807) is 19.1 Å². The molecular weight excluding hydrogens is 711 g/mol. The number of aliphatic hydroxyl groups is 1. The standard InChI is InChI=1S/C44H63N5O7/c1-54-38-23-19-34(20-24-38)44(33-14-6-3-7-15-33,35-21-25-39(55-2)26-22-35)56-32-36-30-37(50)31-49(36)42(52)18-9-5-12-28-47-41(51)17-8-4-13-29-48-43(53)40(46)16-10-11-27-45/h3,6-7,14-15,19-26,36-37,40,50H,4-5,8-13,16-18,27-32,45-46H2,1-2H3,(H,47,51)(H,48,53)/t36-,37+,40-/m0/s1. The van der Waals surface area contributed by atoms with Crippen LogP contribution in [0.25, 0.3) is 0 Å². The summed E-state index contributed by atoms with van der Waals surface area (Å²) < 4.78 is 18.0. The Kier molecular flexibility index (Phi) is 18.6. The number of amides is 3. The Morgan fingerprint density at radius 1 is 0.768 bits per heavy atom. The fourth-order valence-corrected chi connectivity index (χ4v) is 7.26. The molecule has 0 aliphatic carbocycles. The Hall–Kier alpha value is -4.49. The predicted octanol–water partition coefficient (Wildman–Crippen LogP) is 4.78. The Labute approximate surface area is 332 Å². The lowest BCUT2D eigenvalue weighted by atomic mass is 9.80. The van der Waals surface area contributed by atoms with E-state index in [1.165, 1.54) is 0 Å². The van der Waals surface area contributed by atoms with Gasteiger partial charge >= 0.3 is 0 Å². The maximum absolute atomic E-state index is 13.6. The summed E-state index contributed by atoms with van der Waals surface area (Å²) >= 11 is 0. The van der Waals surface area contributed by atoms with Crippen molar-refractivity contribution in [1.29, 1.82) is 0 Å². The highest BCUT2D eigenvalue weighted by atomic mass is 16.5. The molecule has 1 aliphatic heterocycles. The first-order valence-electron chi connectivity index (χ1n) is 20.2. The Balaban J connectivity index is 1.24. The quantitative estimate of drug-likeness (QED) is 0.0599. The maximum Gasteiger partial charge on any atom is 0.236 e. The van der Waals surface area contributed by atoms with Gasteiger partial charge in [0.2, 0.25) is 17.7 Å². The van der Waals surface area contributed by atoms with Gasteiger partial charge in [0.05, 0.1) is 39.0 Å². The van der Waals surface area contributed by atoms with Crippen molar-refractivity contribution in [3.05, 3.63) is 95.6 Å². The molecule has 1 saturated heterocycles. The third-order valence-corrected chi connectivity index (χ3v) is 10.5. The first-order chi connectivity index (χ1) is 27.2. The molecule has 0 radical (unpaired) electrons. The van der Waals surface area contributed by atoms with Crippen LogP contribution in [0.4, 0.5) is 0 Å². The van der Waals surface area contributed by atoms with E-state index in [1.807, 2.05) is 78.9 Å². The number of nitrogens with one attached hydrogen (secondary N) is 2. The minimum Gasteiger partial charge on any atom is -0.497 e. The van der Waals surface area contributed by atoms with Gasteiger partial charge < -0.3 is 46.3 Å². The van der Waals surface area contributed by atoms with Crippen LogP contribution < -0.4 is 31.6 Å². The molecule has 3 aromatic rings. The molecule has 3 atom stereocenters. The van der Waals surface area contributed by atoms with Gasteiger partial charge in [-0.1, -0.05) is 73.9 Å². The highest BCUT2D eigenvalue weighted by Gasteiger charge is 2.41. The van der Waals surface area contributed by atoms with Gasteiger partial charge in [-0.25, -0.2) is 0 Å². The van der Waals surface area contributed by atoms with E-state index in [-0.39, 0.29) is 36.9 Å². The molecule has 0 saturated carbocycles. The van der Waals surface area contributed by atoms with Crippen LogP contribution in [0, 0.1) is 0 Å². The number of β-amino-alcohol motifs (C(OH)–C–C–N with tert-alkyl or cyclic N) is 1. The van der Waals surface area contributed by atoms with Gasteiger partial charge in [0.25, 0.3) is 0 Å². The van der Waals surface area contributed by atoms with Gasteiger partial charge in [-0.2, -0.15) is 0 Å². The normalized spacial score (nSPS) is 16.0. The van der Waals surface area contributed by atoms with E-state index < -0.39 is 17.7 Å². The van der Waals surface area contributed by atoms with Crippen molar-refractivity contribution in [2.75, 3.05) is 47.0 Å². The highest BCUT2D eigenvalue weighted by molar-refractivity contribution is 5.81. The summed E-state index contributed by atoms with van der Waals surface area (Å²) in [5, 5.41) is 16.6. The van der Waals surface area contributed by atoms with Gasteiger partial charge in [-0.05, 0) is 92.4 Å². The van der Waals surface area contributed by atoms with Crippen molar-refractivity contribution in [3.63, 3.8) is 0 Å². The van der Waals surface area contributed by atoms with Crippen LogP contribution in [-0.4, -0.2) is 92.9 Å². The lowest BCUT2D eigenvalue weighted by Gasteiger charge is -2.38. The summed E-state index contributed by atoms with van der Waals surface area (Å²) in [5.74, 6) is 1.32. The second-order valence-electron chi connectivity index (χ2n) is 14.6. The third-order valence-electron chi connectivity index (χ3n) is 10.5. The van der Waals surface area contributed by atoms with Crippen molar-refractivity contribution < 1.29 is 33.7 Å². The van der Waals surface area contributed by atoms with E-state index in [2.05, 4.69) is 10.6 Å². The van der Waals surface area contributed by atoms with Crippen molar-refractivity contribution in [1.82, 2.24) is 15.5 Å². The Morgan fingerprint density at radius 2 is 1.34 bits per heavy atom. The highest BCUT2D eigenvalue weighted by Crippen LogP contribution is 2.42. The number of rotatable bonds is 25. The van der Waals surface area contributed by atoms with Gasteiger partial charge in [0, 0.05) is 32.5 Å². The topological polar surface area (TPSA) is 178 Å². The predicted molar refractivity (Wildman–Crippen MR) is 218 cm³/mol. The molecule has 0 aromatic heterocycles. The third kappa shape index (κ3) is 13.0. The first-order valence-corrected chi connectivity index (χ1v) is 20.2. The molecule has 7 N–H and O–H groups in total. The largest absolute Gasteiger partial charge is 0.497 e. The van der Waals surface area contributed by atoms with Crippen LogP contribution in [0.3, 0.4) is 0 Å². The first kappa shape index (κ1) is 44.2. The minimum atomic E-state index is -1.02. The van der Waals surface area contributed by atoms with Crippen molar-refractivity contribution >= 4 is 17.7 Å². The molecule has 56 heavy (non-hydrogen) atoms. The van der Waals surface area contributed by atoms with Gasteiger partial charge in [-0.3, -0.25) is 14.4 Å². The van der Waals surface area contributed by atoms with Crippen molar-refractivity contribution in [3.8, 4) is 11.5 Å². The average molecular weight is 774 g/mol. The lowest BCUT2D eigenvalue weighted by Crippen LogP contribution is -2.42. The van der Waals surface area contributed by atoms with Crippen LogP contribution in [0.15, 0.2) is 78.9 Å². The zero-order valence-electron chi connectivity index (χ0n) is 33.3. The SMILES string of the molecule is COc1ccc(C(OC[C@@H]2C[C@@H](O)CN2C(=O)CCCCCNC(=O)CCCCCNC(=O)[C@@H](N)CCCCN)(c2ccccc2)c2ccc(OC)cc2)cc1. The van der Waals surface area contributed by atoms with Gasteiger partial charge in [0.15, 0.2) is 0 Å². The molecule has 1 fully saturated rings. The minimum absolute atomic E-state index is 0.0109. The lowest BCUT2D eigenvalue weighted by molar-refractivity contribution is -0.134. The number of methoxy groups -OCH3 is 2. The second kappa shape index (κ2) is 23.5. The molecule has 0 spiro atoms. The summed E-state index contributed by atoms with van der Waals surface area (Å²) in [5.41, 5.74) is 13.1. The second-order valence-corrected chi connectivity index (χ2v) is 14.6. The number of nitrogens with two attached hydrogens (primary N) is 2. The van der Waals surface area contributed by atoms with E-state index in [9.17, 15) is 19.5 Å². The number of likely N-dealkylation sites (tertiary alicyclic amines) is 1. The van der Waals surface area contributed by atoms with Crippen LogP contribution >= 0.6 is 0 Å². The summed E-state index contributed by atoms with van der Waals surface area (Å²) in [7, 11) is 3.27. The summed E-state index contributed by atoms with van der Waals surface area (Å²) in [6, 6.07) is 24.9. The van der Waals surface area contributed by atoms with Crippen molar-refractivity contribution in [2.24, 2.45) is 11.5 Å². The molecular formula is C44H63N5O7. The zero-order chi connectivity index (χ0) is 40.2. The number of aliphatic hydroxyl groups excluding tert-OH is 1. The molecule has 3 amide bonds. The number of carbonyl (C=O) groups excluding carboxylic acids is 3. The number of unbranched alkanes of at least 4 members (excludes halogenated alkanes) is 5. The van der Waals surface area contributed by atoms with Crippen LogP contribution in [0.1, 0.15) is 93.7 Å². The number of hydrogen-bond donors (Lipinski definition) is 5. The van der Waals surface area contributed by atoms with E-state index >= 15 is 0 Å². The molecule has 306 valence electrons. The molecule has 3 aromatic carbocycles. The molecule has 12 heteroatoms. The monoisotopic (exact) mass is 773 g/mol. The summed E-state index contributed by atoms with van der Waals surface area (Å²) in [6.45, 7) is 2.18. The number of ether oxygens (including phenoxy) is 3. The molecule has 4 rings (SSSR count). The van der Waals surface area contributed by atoms with E-state index in [4.69, 9.17) is 25.7 Å². The number of hydrogen-bond acceptors (Lipinski definition) is 9. The van der Waals surface area contributed by atoms with Crippen LogP contribution in [0.2, 0.25) is 0 Å². The van der Waals surface area contributed by atoms with Crippen LogP contribution in [0.5, 0.6) is 11.5 Å². The number of nitrogens with zero attached hydrogens (tertiary/aromatic N) is 1. The zero-order valence-corrected chi connectivity index (χ0v) is 33.3. The summed E-state index contributed by atoms with van der Waals surface area (Å²) in [4.78, 5) is 39.7. The molecule has 12 nitrogen and oxygen atoms in total. The fourth-order valence-electron chi connectivity index (χ4n) is 7.26. The average Bonchev–Trinajstić information content (AvgIpc) is 3.61. The smallest absolute Gasteiger partial charge is 0.236 e. The Bertz CT molecular complexity index is 1560. The molecule has 0 unspecified atom stereocenters. The Morgan fingerprint density at radius 3 is 1.93 bits per heavy atom. The van der Waals surface area contributed by atoms with Gasteiger partial charge in [0.1, 0.15) is 17.1 Å². The van der Waals surface area contributed by atoms with E-state index in [0.717, 1.165) is 73.1 Å². The molecule has 1 aliphatic rings. The maximum atomic E-state index is 13.6. The fraction of sp³-hybridized carbons (Fsp3) is 0.523.